The number of amides is 1. The van der Waals surface area contributed by atoms with Gasteiger partial charge in [-0.15, -0.1) is 0 Å². The predicted octanol–water partition coefficient (Wildman–Crippen LogP) is 2.50. The summed E-state index contributed by atoms with van der Waals surface area (Å²) in [5.74, 6) is 1.11. The van der Waals surface area contributed by atoms with Crippen molar-refractivity contribution in [1.82, 2.24) is 14.0 Å². The van der Waals surface area contributed by atoms with Gasteiger partial charge in [0.15, 0.2) is 11.5 Å². The van der Waals surface area contributed by atoms with E-state index in [1.807, 2.05) is 49.4 Å². The Morgan fingerprint density at radius 1 is 1.00 bits per heavy atom. The third-order valence-corrected chi connectivity index (χ3v) is 4.83. The highest BCUT2D eigenvalue weighted by molar-refractivity contribution is 5.81. The van der Waals surface area contributed by atoms with Gasteiger partial charge in [0.2, 0.25) is 5.91 Å². The average Bonchev–Trinajstić information content (AvgIpc) is 2.98. The maximum absolute atomic E-state index is 12.8. The van der Waals surface area contributed by atoms with Crippen LogP contribution in [-0.4, -0.2) is 41.2 Å². The molecule has 0 saturated heterocycles. The summed E-state index contributed by atoms with van der Waals surface area (Å²) in [4.78, 5) is 27.1. The molecule has 0 saturated carbocycles. The maximum atomic E-state index is 12.8. The molecule has 0 aliphatic carbocycles. The lowest BCUT2D eigenvalue weighted by Crippen LogP contribution is -2.34. The van der Waals surface area contributed by atoms with Gasteiger partial charge in [0.1, 0.15) is 6.54 Å². The van der Waals surface area contributed by atoms with Crippen molar-refractivity contribution in [3.63, 3.8) is 0 Å². The molecule has 0 aliphatic rings. The van der Waals surface area contributed by atoms with Gasteiger partial charge in [0.25, 0.3) is 0 Å². The van der Waals surface area contributed by atoms with Crippen molar-refractivity contribution in [2.45, 2.75) is 26.6 Å². The lowest BCUT2D eigenvalue weighted by atomic mass is 10.2. The number of carbonyl (C=O) groups is 1. The van der Waals surface area contributed by atoms with E-state index < -0.39 is 0 Å². The summed E-state index contributed by atoms with van der Waals surface area (Å²) in [7, 11) is 4.88. The number of hydrogen-bond donors (Lipinski definition) is 0. The van der Waals surface area contributed by atoms with Gasteiger partial charge in [-0.1, -0.05) is 18.2 Å². The Morgan fingerprint density at radius 2 is 1.64 bits per heavy atom. The summed E-state index contributed by atoms with van der Waals surface area (Å²) >= 11 is 0. The third kappa shape index (κ3) is 3.60. The summed E-state index contributed by atoms with van der Waals surface area (Å²) in [6.07, 6.45) is 0. The third-order valence-electron chi connectivity index (χ3n) is 4.83. The number of nitrogens with zero attached hydrogens (tertiary/aromatic N) is 3. The lowest BCUT2D eigenvalue weighted by Gasteiger charge is -2.18. The first-order chi connectivity index (χ1) is 13.5. The second kappa shape index (κ2) is 8.21. The highest BCUT2D eigenvalue weighted by Gasteiger charge is 2.17. The number of ether oxygens (including phenoxy) is 2. The standard InChI is InChI=1S/C21H25N3O4/c1-5-23-16-8-6-7-9-17(16)24(21(23)26)14-20(25)22(2)13-15-10-11-18(27-3)19(12-15)28-4/h6-12H,5,13-14H2,1-4H3. The Bertz CT molecular complexity index is 1050. The number of para-hydroxylation sites is 2. The van der Waals surface area contributed by atoms with Crippen LogP contribution in [0.1, 0.15) is 12.5 Å². The number of aryl methyl sites for hydroxylation is 1. The summed E-state index contributed by atoms with van der Waals surface area (Å²) in [6, 6.07) is 13.1. The molecule has 1 aromatic heterocycles. The lowest BCUT2D eigenvalue weighted by molar-refractivity contribution is -0.131. The molecule has 1 heterocycles. The molecule has 7 heteroatoms. The normalized spacial score (nSPS) is 10.9. The fourth-order valence-electron chi connectivity index (χ4n) is 3.33. The van der Waals surface area contributed by atoms with Crippen LogP contribution < -0.4 is 15.2 Å². The maximum Gasteiger partial charge on any atom is 0.329 e. The quantitative estimate of drug-likeness (QED) is 0.629. The van der Waals surface area contributed by atoms with Gasteiger partial charge in [-0.2, -0.15) is 0 Å². The van der Waals surface area contributed by atoms with Crippen molar-refractivity contribution in [3.05, 3.63) is 58.5 Å². The van der Waals surface area contributed by atoms with E-state index in [9.17, 15) is 9.59 Å². The second-order valence-electron chi connectivity index (χ2n) is 6.54. The molecule has 0 aliphatic heterocycles. The molecule has 3 aromatic rings. The molecular formula is C21H25N3O4. The van der Waals surface area contributed by atoms with Crippen LogP contribution in [0.4, 0.5) is 0 Å². The smallest absolute Gasteiger partial charge is 0.329 e. The minimum atomic E-state index is -0.170. The van der Waals surface area contributed by atoms with Crippen LogP contribution in [0.2, 0.25) is 0 Å². The summed E-state index contributed by atoms with van der Waals surface area (Å²) in [6.45, 7) is 2.88. The van der Waals surface area contributed by atoms with Crippen molar-refractivity contribution < 1.29 is 14.3 Å². The monoisotopic (exact) mass is 383 g/mol. The summed E-state index contributed by atoms with van der Waals surface area (Å²) in [5, 5.41) is 0. The van der Waals surface area contributed by atoms with Gasteiger partial charge in [-0.25, -0.2) is 4.79 Å². The molecule has 7 nitrogen and oxygen atoms in total. The Balaban J connectivity index is 1.81. The van der Waals surface area contributed by atoms with Crippen LogP contribution in [0.15, 0.2) is 47.3 Å². The molecule has 28 heavy (non-hydrogen) atoms. The van der Waals surface area contributed by atoms with Crippen LogP contribution in [0, 0.1) is 0 Å². The molecule has 0 radical (unpaired) electrons. The van der Waals surface area contributed by atoms with E-state index in [-0.39, 0.29) is 18.1 Å². The minimum Gasteiger partial charge on any atom is -0.493 e. The van der Waals surface area contributed by atoms with Crippen LogP contribution in [-0.2, 0) is 24.4 Å². The van der Waals surface area contributed by atoms with E-state index in [0.717, 1.165) is 16.6 Å². The van der Waals surface area contributed by atoms with Crippen molar-refractivity contribution in [1.29, 1.82) is 0 Å². The number of hydrogen-bond acceptors (Lipinski definition) is 4. The van der Waals surface area contributed by atoms with Gasteiger partial charge < -0.3 is 14.4 Å². The van der Waals surface area contributed by atoms with Crippen LogP contribution in [0.25, 0.3) is 11.0 Å². The van der Waals surface area contributed by atoms with Crippen LogP contribution in [0.3, 0.4) is 0 Å². The fourth-order valence-corrected chi connectivity index (χ4v) is 3.33. The molecule has 0 spiro atoms. The van der Waals surface area contributed by atoms with Crippen LogP contribution >= 0.6 is 0 Å². The highest BCUT2D eigenvalue weighted by atomic mass is 16.5. The number of benzene rings is 2. The van der Waals surface area contributed by atoms with Crippen LogP contribution in [0.5, 0.6) is 11.5 Å². The van der Waals surface area contributed by atoms with Crippen molar-refractivity contribution in [2.24, 2.45) is 0 Å². The molecule has 0 atom stereocenters. The average molecular weight is 383 g/mol. The first-order valence-electron chi connectivity index (χ1n) is 9.13. The first kappa shape index (κ1) is 19.5. The number of methoxy groups -OCH3 is 2. The van der Waals surface area contributed by atoms with E-state index in [0.29, 0.717) is 24.6 Å². The van der Waals surface area contributed by atoms with Gasteiger partial charge in [0.05, 0.1) is 25.3 Å². The van der Waals surface area contributed by atoms with E-state index in [1.165, 1.54) is 4.57 Å². The molecule has 0 bridgehead atoms. The minimum absolute atomic E-state index is 0.00383. The van der Waals surface area contributed by atoms with Gasteiger partial charge in [-0.3, -0.25) is 13.9 Å². The number of imidazole rings is 1. The zero-order chi connectivity index (χ0) is 20.3. The number of fused-ring (bicyclic) bond motifs is 1. The fraction of sp³-hybridized carbons (Fsp3) is 0.333. The van der Waals surface area contributed by atoms with Gasteiger partial charge in [0, 0.05) is 20.1 Å². The topological polar surface area (TPSA) is 65.7 Å². The highest BCUT2D eigenvalue weighted by Crippen LogP contribution is 2.28. The van der Waals surface area contributed by atoms with Gasteiger partial charge >= 0.3 is 5.69 Å². The molecule has 0 fully saturated rings. The van der Waals surface area contributed by atoms with Crippen molar-refractivity contribution in [2.75, 3.05) is 21.3 Å². The first-order valence-corrected chi connectivity index (χ1v) is 9.13. The summed E-state index contributed by atoms with van der Waals surface area (Å²) in [5.41, 5.74) is 2.35. The molecular weight excluding hydrogens is 358 g/mol. The zero-order valence-electron chi connectivity index (χ0n) is 16.6. The Kier molecular flexibility index (Phi) is 5.73. The second-order valence-corrected chi connectivity index (χ2v) is 6.54. The van der Waals surface area contributed by atoms with E-state index >= 15 is 0 Å². The van der Waals surface area contributed by atoms with Crippen molar-refractivity contribution in [3.8, 4) is 11.5 Å². The number of carbonyl (C=O) groups excluding carboxylic acids is 1. The number of aromatic nitrogens is 2. The Morgan fingerprint density at radius 3 is 2.25 bits per heavy atom. The molecule has 0 N–H and O–H groups in total. The largest absolute Gasteiger partial charge is 0.493 e. The Hall–Kier alpha value is -3.22. The van der Waals surface area contributed by atoms with E-state index in [4.69, 9.17) is 9.47 Å². The summed E-state index contributed by atoms with van der Waals surface area (Å²) < 4.78 is 13.8. The van der Waals surface area contributed by atoms with Crippen molar-refractivity contribution >= 4 is 16.9 Å². The van der Waals surface area contributed by atoms with E-state index in [1.54, 1.807) is 30.7 Å². The number of rotatable bonds is 7. The SMILES string of the molecule is CCn1c(=O)n(CC(=O)N(C)Cc2ccc(OC)c(OC)c2)c2ccccc21. The van der Waals surface area contributed by atoms with E-state index in [2.05, 4.69) is 0 Å². The predicted molar refractivity (Wildman–Crippen MR) is 108 cm³/mol. The molecule has 3 rings (SSSR count). The zero-order valence-corrected chi connectivity index (χ0v) is 16.6. The number of likely N-dealkylation sites (N-methyl/N-ethyl adjacent to an activating group) is 1. The molecule has 0 unspecified atom stereocenters. The molecule has 1 amide bonds. The van der Waals surface area contributed by atoms with Gasteiger partial charge in [-0.05, 0) is 36.8 Å². The Labute approximate surface area is 163 Å². The molecule has 148 valence electrons. The molecule has 2 aromatic carbocycles.